The van der Waals surface area contributed by atoms with Crippen molar-refractivity contribution in [1.29, 1.82) is 0 Å². The molecule has 22 nitrogen and oxygen atoms in total. The Labute approximate surface area is 450 Å². The van der Waals surface area contributed by atoms with E-state index in [-0.39, 0.29) is 17.5 Å². The van der Waals surface area contributed by atoms with Crippen LogP contribution in [0.5, 0.6) is 11.5 Å². The Balaban J connectivity index is 0.000000200. The Bertz CT molecular complexity index is 3150. The molecule has 9 rings (SSSR count). The Morgan fingerprint density at radius 1 is 0.667 bits per heavy atom. The van der Waals surface area contributed by atoms with Crippen molar-refractivity contribution in [3.05, 3.63) is 69.6 Å². The number of anilines is 4. The molecule has 24 heteroatoms. The summed E-state index contributed by atoms with van der Waals surface area (Å²) in [6, 6.07) is 7.96. The minimum absolute atomic E-state index is 0.116. The summed E-state index contributed by atoms with van der Waals surface area (Å²) in [6.45, 7) is 17.6. The third-order valence-electron chi connectivity index (χ3n) is 13.1. The summed E-state index contributed by atoms with van der Waals surface area (Å²) in [5.41, 5.74) is 2.94. The summed E-state index contributed by atoms with van der Waals surface area (Å²) in [6.07, 6.45) is 8.20. The van der Waals surface area contributed by atoms with Gasteiger partial charge in [-0.3, -0.25) is 20.2 Å². The third-order valence-corrected chi connectivity index (χ3v) is 14.6. The Hall–Kier alpha value is -6.82. The predicted octanol–water partition coefficient (Wildman–Crippen LogP) is 8.78. The first-order chi connectivity index (χ1) is 35.4. The lowest BCUT2D eigenvalue weighted by atomic mass is 9.88. The van der Waals surface area contributed by atoms with Crippen LogP contribution in [0.2, 0.25) is 0 Å². The van der Waals surface area contributed by atoms with Crippen LogP contribution < -0.4 is 35.2 Å². The maximum absolute atomic E-state index is 13.0. The number of nitrogens with one attached hydrogen (secondary N) is 3. The van der Waals surface area contributed by atoms with E-state index in [1.54, 1.807) is 75.3 Å². The van der Waals surface area contributed by atoms with Crippen LogP contribution in [0.25, 0.3) is 22.3 Å². The van der Waals surface area contributed by atoms with Gasteiger partial charge in [0.1, 0.15) is 35.4 Å². The molecule has 1 aliphatic carbocycles. The van der Waals surface area contributed by atoms with Crippen LogP contribution in [0.1, 0.15) is 92.2 Å². The van der Waals surface area contributed by atoms with E-state index in [9.17, 15) is 24.3 Å². The van der Waals surface area contributed by atoms with Crippen molar-refractivity contribution in [3.63, 3.8) is 0 Å². The maximum atomic E-state index is 13.0. The number of ether oxygens (including phenoxy) is 4. The van der Waals surface area contributed by atoms with Crippen molar-refractivity contribution < 1.29 is 43.2 Å². The van der Waals surface area contributed by atoms with Crippen LogP contribution in [-0.2, 0) is 32.2 Å². The van der Waals surface area contributed by atoms with E-state index in [2.05, 4.69) is 87.5 Å². The topological polar surface area (TPSA) is 255 Å². The molecule has 0 radical (unpaired) electrons. The highest BCUT2D eigenvalue weighted by molar-refractivity contribution is 9.10. The third kappa shape index (κ3) is 12.3. The average molecular weight is 1160 g/mol. The van der Waals surface area contributed by atoms with Gasteiger partial charge in [-0.2, -0.15) is 0 Å². The number of imidazole rings is 2. The number of nitrogens with zero attached hydrogens (tertiary/aromatic N) is 10. The first-order valence-electron chi connectivity index (χ1n) is 24.5. The van der Waals surface area contributed by atoms with Gasteiger partial charge in [-0.15, -0.1) is 0 Å². The van der Waals surface area contributed by atoms with E-state index in [4.69, 9.17) is 18.9 Å². The number of carboxylic acids is 1. The summed E-state index contributed by atoms with van der Waals surface area (Å²) >= 11 is 7.40. The maximum Gasteiger partial charge on any atom is 0.413 e. The van der Waals surface area contributed by atoms with Crippen LogP contribution >= 0.6 is 31.9 Å². The van der Waals surface area contributed by atoms with Crippen molar-refractivity contribution in [1.82, 2.24) is 44.4 Å². The number of carboxylic acid groups (broad SMARTS) is 1. The van der Waals surface area contributed by atoms with Crippen molar-refractivity contribution in [2.45, 2.75) is 111 Å². The number of amides is 3. The normalized spacial score (nSPS) is 18.6. The van der Waals surface area contributed by atoms with Gasteiger partial charge in [-0.1, -0.05) is 31.9 Å². The van der Waals surface area contributed by atoms with Crippen molar-refractivity contribution in [2.24, 2.45) is 10.8 Å². The highest BCUT2D eigenvalue weighted by Crippen LogP contribution is 2.45. The number of hydrogen-bond donors (Lipinski definition) is 4. The largest absolute Gasteiger partial charge is 0.495 e. The van der Waals surface area contributed by atoms with Crippen molar-refractivity contribution in [3.8, 4) is 11.5 Å². The van der Waals surface area contributed by atoms with Gasteiger partial charge in [0.05, 0.1) is 62.2 Å². The fourth-order valence-corrected chi connectivity index (χ4v) is 9.96. The number of rotatable bonds is 13. The SMILES string of the molecule is COc1ccc(Br)c(Cn2cnc3c(NC(=O)OC(C)(C)C)ncnc32)c1N1CCC(C)(C(=O)NC2CC2)C1.COc1ccc(Br)c(Cn2cnc3c(NC(=O)OC(C)(C)C)ncnc32)c1N1CCC(C)(C(=O)O)C1. The molecule has 4 aromatic heterocycles. The molecule has 2 aromatic carbocycles. The average Bonchev–Trinajstić information content (AvgIpc) is 3.61. The summed E-state index contributed by atoms with van der Waals surface area (Å²) in [4.78, 5) is 80.0. The molecule has 0 bridgehead atoms. The standard InChI is InChI=1S/C27H34BrN7O4.C24H29BrN6O5/c1-26(2,3)39-25(37)33-22-20-23(30-14-29-22)35(15-31-20)12-17-18(28)8-9-19(38-5)21(17)34-11-10-27(4,13-34)24(36)32-16-6-7-16;1-23(2,3)36-22(34)29-19-17-20(27-12-26-19)31(13-28-17)10-14-15(25)6-7-16(35-5)18(14)30-9-8-24(4,11-30)21(32)33/h8-9,14-16H,6-7,10-13H2,1-5H3,(H,32,36)(H,29,30,33,37);6-7,12-13H,8-11H2,1-5H3,(H,32,33)(H,26,27,29,34). The molecule has 6 heterocycles. The zero-order valence-corrected chi connectivity index (χ0v) is 46.9. The molecule has 2 aliphatic heterocycles. The number of aromatic nitrogens is 8. The molecule has 2 unspecified atom stereocenters. The van der Waals surface area contributed by atoms with Crippen molar-refractivity contribution in [2.75, 3.05) is 60.8 Å². The molecular formula is C51H63Br2N13O9. The van der Waals surface area contributed by atoms with Crippen LogP contribution in [0.4, 0.5) is 32.6 Å². The first-order valence-corrected chi connectivity index (χ1v) is 26.0. The first kappa shape index (κ1) is 54.4. The number of carbonyl (C=O) groups is 4. The van der Waals surface area contributed by atoms with E-state index in [0.29, 0.717) is 73.3 Å². The molecule has 4 N–H and O–H groups in total. The molecule has 1 saturated carbocycles. The fraction of sp³-hybridized carbons (Fsp3) is 0.490. The minimum atomic E-state index is -0.845. The van der Waals surface area contributed by atoms with Gasteiger partial charge in [0.25, 0.3) is 0 Å². The number of carbonyl (C=O) groups excluding carboxylic acids is 3. The second-order valence-corrected chi connectivity index (χ2v) is 23.2. The van der Waals surface area contributed by atoms with Gasteiger partial charge < -0.3 is 48.3 Å². The van der Waals surface area contributed by atoms with Gasteiger partial charge in [0, 0.05) is 52.3 Å². The predicted molar refractivity (Wildman–Crippen MR) is 289 cm³/mol. The van der Waals surface area contributed by atoms with E-state index in [0.717, 1.165) is 63.0 Å². The van der Waals surface area contributed by atoms with Crippen LogP contribution in [-0.4, -0.2) is 126 Å². The highest BCUT2D eigenvalue weighted by Gasteiger charge is 2.44. The Morgan fingerprint density at radius 3 is 1.48 bits per heavy atom. The van der Waals surface area contributed by atoms with E-state index in [1.807, 2.05) is 40.3 Å². The molecule has 0 spiro atoms. The number of fused-ring (bicyclic) bond motifs is 2. The van der Waals surface area contributed by atoms with Crippen LogP contribution in [0, 0.1) is 10.8 Å². The Kier molecular flexibility index (Phi) is 15.6. The number of aliphatic carboxylic acids is 1. The van der Waals surface area contributed by atoms with Gasteiger partial charge in [0.15, 0.2) is 34.0 Å². The van der Waals surface area contributed by atoms with E-state index in [1.165, 1.54) is 12.7 Å². The van der Waals surface area contributed by atoms with Gasteiger partial charge in [0.2, 0.25) is 5.91 Å². The highest BCUT2D eigenvalue weighted by atomic mass is 79.9. The van der Waals surface area contributed by atoms with E-state index < -0.39 is 40.2 Å². The number of hydrogen-bond acceptors (Lipinski definition) is 16. The summed E-state index contributed by atoms with van der Waals surface area (Å²) in [7, 11) is 3.25. The Morgan fingerprint density at radius 2 is 1.09 bits per heavy atom. The minimum Gasteiger partial charge on any atom is -0.495 e. The molecule has 75 heavy (non-hydrogen) atoms. The zero-order chi connectivity index (χ0) is 54.2. The molecule has 3 aliphatic rings. The van der Waals surface area contributed by atoms with Crippen LogP contribution in [0.15, 0.2) is 58.5 Å². The molecular weight excluding hydrogens is 1100 g/mol. The summed E-state index contributed by atoms with van der Waals surface area (Å²) in [5.74, 6) is 1.19. The van der Waals surface area contributed by atoms with Crippen molar-refractivity contribution >= 4 is 101 Å². The molecule has 2 saturated heterocycles. The molecule has 3 amide bonds. The molecule has 400 valence electrons. The molecule has 3 fully saturated rings. The number of methoxy groups -OCH3 is 2. The van der Waals surface area contributed by atoms with Gasteiger partial charge >= 0.3 is 18.2 Å². The smallest absolute Gasteiger partial charge is 0.413 e. The summed E-state index contributed by atoms with van der Waals surface area (Å²) < 4.78 is 27.6. The van der Waals surface area contributed by atoms with Gasteiger partial charge in [-0.25, -0.2) is 39.5 Å². The lowest BCUT2D eigenvalue weighted by molar-refractivity contribution is -0.146. The second kappa shape index (κ2) is 21.4. The fourth-order valence-electron chi connectivity index (χ4n) is 9.07. The number of benzene rings is 2. The molecule has 6 aromatic rings. The summed E-state index contributed by atoms with van der Waals surface area (Å²) in [5, 5.41) is 18.2. The molecule has 2 atom stereocenters. The number of halogens is 2. The van der Waals surface area contributed by atoms with E-state index >= 15 is 0 Å². The van der Waals surface area contributed by atoms with Gasteiger partial charge in [-0.05, 0) is 105 Å². The lowest BCUT2D eigenvalue weighted by Crippen LogP contribution is -2.42. The monoisotopic (exact) mass is 1160 g/mol. The van der Waals surface area contributed by atoms with Crippen LogP contribution in [0.3, 0.4) is 0 Å². The quantitative estimate of drug-likeness (QED) is 0.0842. The second-order valence-electron chi connectivity index (χ2n) is 21.5. The lowest BCUT2D eigenvalue weighted by Gasteiger charge is -2.28. The zero-order valence-electron chi connectivity index (χ0n) is 43.7.